The zero-order chi connectivity index (χ0) is 12.3. The monoisotopic (exact) mass is 358 g/mol. The van der Waals surface area contributed by atoms with Gasteiger partial charge in [-0.25, -0.2) is 4.68 Å². The lowest BCUT2D eigenvalue weighted by molar-refractivity contribution is 0.705. The van der Waals surface area contributed by atoms with Crippen molar-refractivity contribution in [2.24, 2.45) is 0 Å². The lowest BCUT2D eigenvalue weighted by Gasteiger charge is -2.03. The Balaban J connectivity index is 2.27. The highest BCUT2D eigenvalue weighted by Gasteiger charge is 2.06. The number of rotatable bonds is 4. The summed E-state index contributed by atoms with van der Waals surface area (Å²) < 4.78 is 3.77. The van der Waals surface area contributed by atoms with Crippen molar-refractivity contribution in [1.29, 1.82) is 0 Å². The first-order valence-electron chi connectivity index (χ1n) is 5.28. The van der Waals surface area contributed by atoms with Gasteiger partial charge >= 0.3 is 0 Å². The molecule has 0 aliphatic rings. The number of hydrogen-bond donors (Lipinski definition) is 1. The average Bonchev–Trinajstić information content (AvgIpc) is 2.78. The molecule has 0 fully saturated rings. The van der Waals surface area contributed by atoms with Crippen LogP contribution >= 0.6 is 31.9 Å². The summed E-state index contributed by atoms with van der Waals surface area (Å²) in [6.45, 7) is 3.73. The summed E-state index contributed by atoms with van der Waals surface area (Å²) >= 11 is 6.95. The molecule has 0 saturated heterocycles. The van der Waals surface area contributed by atoms with Gasteiger partial charge in [0.2, 0.25) is 0 Å². The number of halogens is 2. The normalized spacial score (nSPS) is 10.8. The highest BCUT2D eigenvalue weighted by molar-refractivity contribution is 9.11. The number of benzene rings is 1. The molecule has 0 aliphatic carbocycles. The number of aromatic nitrogens is 3. The summed E-state index contributed by atoms with van der Waals surface area (Å²) in [5.74, 6) is 0. The van der Waals surface area contributed by atoms with E-state index in [2.05, 4.69) is 54.4 Å². The van der Waals surface area contributed by atoms with Gasteiger partial charge in [0.1, 0.15) is 0 Å². The maximum atomic E-state index is 4.12. The molecular formula is C11H12Br2N4. The Bertz CT molecular complexity index is 510. The van der Waals surface area contributed by atoms with E-state index in [0.29, 0.717) is 0 Å². The summed E-state index contributed by atoms with van der Waals surface area (Å²) in [6.07, 6.45) is 1.93. The quantitative estimate of drug-likeness (QED) is 0.912. The molecule has 0 radical (unpaired) electrons. The first kappa shape index (κ1) is 12.7. The van der Waals surface area contributed by atoms with Crippen LogP contribution in [0.3, 0.4) is 0 Å². The van der Waals surface area contributed by atoms with Gasteiger partial charge in [0.15, 0.2) is 0 Å². The Kier molecular flexibility index (Phi) is 4.31. The van der Waals surface area contributed by atoms with Gasteiger partial charge in [-0.1, -0.05) is 28.1 Å². The van der Waals surface area contributed by atoms with Crippen LogP contribution in [0.15, 0.2) is 33.3 Å². The van der Waals surface area contributed by atoms with Crippen LogP contribution < -0.4 is 5.32 Å². The second-order valence-electron chi connectivity index (χ2n) is 3.53. The van der Waals surface area contributed by atoms with Crippen LogP contribution in [0, 0.1) is 0 Å². The maximum Gasteiger partial charge on any atom is 0.0969 e. The van der Waals surface area contributed by atoms with Crippen LogP contribution in [0.25, 0.3) is 5.69 Å². The fourth-order valence-corrected chi connectivity index (χ4v) is 2.19. The predicted octanol–water partition coefficient (Wildman–Crippen LogP) is 2.90. The Morgan fingerprint density at radius 3 is 2.94 bits per heavy atom. The Morgan fingerprint density at radius 2 is 2.18 bits per heavy atom. The number of hydrogen-bond acceptors (Lipinski definition) is 3. The van der Waals surface area contributed by atoms with Crippen molar-refractivity contribution >= 4 is 31.9 Å². The van der Waals surface area contributed by atoms with Gasteiger partial charge in [0.05, 0.1) is 17.6 Å². The molecule has 0 bridgehead atoms. The molecule has 1 N–H and O–H groups in total. The van der Waals surface area contributed by atoms with Crippen LogP contribution in [0.5, 0.6) is 0 Å². The van der Waals surface area contributed by atoms with E-state index in [1.54, 1.807) is 4.68 Å². The molecule has 1 heterocycles. The highest BCUT2D eigenvalue weighted by atomic mass is 79.9. The van der Waals surface area contributed by atoms with E-state index in [1.807, 2.05) is 24.4 Å². The Morgan fingerprint density at radius 1 is 1.35 bits per heavy atom. The molecule has 0 unspecified atom stereocenters. The van der Waals surface area contributed by atoms with Gasteiger partial charge in [-0.3, -0.25) is 0 Å². The minimum absolute atomic E-state index is 0.738. The van der Waals surface area contributed by atoms with Gasteiger partial charge in [-0.05, 0) is 40.7 Å². The Hall–Kier alpha value is -0.720. The molecule has 2 rings (SSSR count). The summed E-state index contributed by atoms with van der Waals surface area (Å²) in [5, 5.41) is 11.5. The molecule has 0 atom stereocenters. The van der Waals surface area contributed by atoms with Crippen LogP contribution in [-0.2, 0) is 6.54 Å². The van der Waals surface area contributed by atoms with E-state index in [0.717, 1.165) is 33.4 Å². The van der Waals surface area contributed by atoms with Gasteiger partial charge in [-0.15, -0.1) is 5.10 Å². The summed E-state index contributed by atoms with van der Waals surface area (Å²) in [4.78, 5) is 0. The number of nitrogens with one attached hydrogen (secondary N) is 1. The Labute approximate surface area is 117 Å². The summed E-state index contributed by atoms with van der Waals surface area (Å²) in [7, 11) is 0. The average molecular weight is 360 g/mol. The molecule has 90 valence electrons. The van der Waals surface area contributed by atoms with Crippen molar-refractivity contribution in [3.05, 3.63) is 39.0 Å². The van der Waals surface area contributed by atoms with E-state index in [-0.39, 0.29) is 0 Å². The van der Waals surface area contributed by atoms with Crippen molar-refractivity contribution in [2.45, 2.75) is 13.5 Å². The second kappa shape index (κ2) is 5.75. The van der Waals surface area contributed by atoms with E-state index in [9.17, 15) is 0 Å². The minimum Gasteiger partial charge on any atom is -0.311 e. The lowest BCUT2D eigenvalue weighted by atomic mass is 10.3. The molecule has 17 heavy (non-hydrogen) atoms. The fourth-order valence-electron chi connectivity index (χ4n) is 1.41. The molecular weight excluding hydrogens is 348 g/mol. The van der Waals surface area contributed by atoms with Crippen LogP contribution in [0.2, 0.25) is 0 Å². The van der Waals surface area contributed by atoms with Crippen molar-refractivity contribution in [2.75, 3.05) is 6.54 Å². The van der Waals surface area contributed by atoms with Gasteiger partial charge < -0.3 is 5.32 Å². The third-order valence-electron chi connectivity index (χ3n) is 2.25. The summed E-state index contributed by atoms with van der Waals surface area (Å²) in [6, 6.07) is 5.95. The van der Waals surface area contributed by atoms with Crippen molar-refractivity contribution in [1.82, 2.24) is 20.3 Å². The molecule has 0 aliphatic heterocycles. The smallest absolute Gasteiger partial charge is 0.0969 e. The summed E-state index contributed by atoms with van der Waals surface area (Å²) in [5.41, 5.74) is 1.90. The van der Waals surface area contributed by atoms with E-state index in [1.165, 1.54) is 0 Å². The van der Waals surface area contributed by atoms with Crippen molar-refractivity contribution in [3.63, 3.8) is 0 Å². The standard InChI is InChI=1S/C11H12Br2N4/c1-2-14-6-9-7-17(16-15-9)11-5-8(12)3-4-10(11)13/h3-5,7,14H,2,6H2,1H3. The molecule has 1 aromatic heterocycles. The van der Waals surface area contributed by atoms with Crippen LogP contribution in [0.4, 0.5) is 0 Å². The van der Waals surface area contributed by atoms with E-state index < -0.39 is 0 Å². The molecule has 4 nitrogen and oxygen atoms in total. The van der Waals surface area contributed by atoms with Crippen molar-refractivity contribution in [3.8, 4) is 5.69 Å². The largest absolute Gasteiger partial charge is 0.311 e. The predicted molar refractivity (Wildman–Crippen MR) is 74.1 cm³/mol. The van der Waals surface area contributed by atoms with Gasteiger partial charge in [0, 0.05) is 15.5 Å². The zero-order valence-corrected chi connectivity index (χ0v) is 12.5. The molecule has 0 spiro atoms. The van der Waals surface area contributed by atoms with E-state index >= 15 is 0 Å². The van der Waals surface area contributed by atoms with Crippen LogP contribution in [-0.4, -0.2) is 21.5 Å². The van der Waals surface area contributed by atoms with Crippen molar-refractivity contribution < 1.29 is 0 Å². The second-order valence-corrected chi connectivity index (χ2v) is 5.30. The van der Waals surface area contributed by atoms with Gasteiger partial charge in [-0.2, -0.15) is 0 Å². The SMILES string of the molecule is CCNCc1cn(-c2cc(Br)ccc2Br)nn1. The topological polar surface area (TPSA) is 42.7 Å². The number of nitrogens with zero attached hydrogens (tertiary/aromatic N) is 3. The maximum absolute atomic E-state index is 4.12. The zero-order valence-electron chi connectivity index (χ0n) is 9.32. The third-order valence-corrected chi connectivity index (χ3v) is 3.42. The third kappa shape index (κ3) is 3.14. The first-order valence-corrected chi connectivity index (χ1v) is 6.86. The van der Waals surface area contributed by atoms with Gasteiger partial charge in [0.25, 0.3) is 0 Å². The van der Waals surface area contributed by atoms with E-state index in [4.69, 9.17) is 0 Å². The lowest BCUT2D eigenvalue weighted by Crippen LogP contribution is -2.11. The minimum atomic E-state index is 0.738. The molecule has 2 aromatic rings. The highest BCUT2D eigenvalue weighted by Crippen LogP contribution is 2.24. The first-order chi connectivity index (χ1) is 8.20. The molecule has 1 aromatic carbocycles. The molecule has 6 heteroatoms. The molecule has 0 saturated carbocycles. The van der Waals surface area contributed by atoms with Crippen LogP contribution in [0.1, 0.15) is 12.6 Å². The molecule has 0 amide bonds. The fraction of sp³-hybridized carbons (Fsp3) is 0.273.